The Labute approximate surface area is 343 Å². The van der Waals surface area contributed by atoms with Crippen LogP contribution in [0.15, 0.2) is 97.2 Å². The number of carbonyl (C=O) groups excluding carboxylic acids is 3. The Kier molecular flexibility index (Phi) is 41.2. The van der Waals surface area contributed by atoms with E-state index in [0.717, 1.165) is 103 Å². The highest BCUT2D eigenvalue weighted by Crippen LogP contribution is 2.13. The molecule has 0 N–H and O–H groups in total. The van der Waals surface area contributed by atoms with Crippen molar-refractivity contribution in [3.8, 4) is 0 Å². The van der Waals surface area contributed by atoms with E-state index in [9.17, 15) is 14.4 Å². The Morgan fingerprint density at radius 3 is 1.32 bits per heavy atom. The molecule has 0 radical (unpaired) electrons. The molecule has 0 saturated carbocycles. The van der Waals surface area contributed by atoms with Crippen molar-refractivity contribution < 1.29 is 28.6 Å². The summed E-state index contributed by atoms with van der Waals surface area (Å²) in [6, 6.07) is 0. The van der Waals surface area contributed by atoms with Crippen LogP contribution >= 0.6 is 0 Å². The van der Waals surface area contributed by atoms with Gasteiger partial charge in [-0.25, -0.2) is 0 Å². The van der Waals surface area contributed by atoms with Gasteiger partial charge in [0.2, 0.25) is 0 Å². The molecule has 0 aromatic rings. The van der Waals surface area contributed by atoms with Gasteiger partial charge in [-0.3, -0.25) is 14.4 Å². The molecule has 0 aliphatic carbocycles. The zero-order valence-corrected chi connectivity index (χ0v) is 35.9. The maximum atomic E-state index is 12.7. The third-order valence-electron chi connectivity index (χ3n) is 8.96. The van der Waals surface area contributed by atoms with Crippen LogP contribution in [0, 0.1) is 0 Å². The molecule has 0 saturated heterocycles. The van der Waals surface area contributed by atoms with Crippen LogP contribution in [0.3, 0.4) is 0 Å². The number of hydrogen-bond donors (Lipinski definition) is 0. The van der Waals surface area contributed by atoms with Crippen LogP contribution in [0.25, 0.3) is 0 Å². The van der Waals surface area contributed by atoms with Crippen LogP contribution in [-0.4, -0.2) is 37.2 Å². The largest absolute Gasteiger partial charge is 0.462 e. The fourth-order valence-corrected chi connectivity index (χ4v) is 5.65. The highest BCUT2D eigenvalue weighted by atomic mass is 16.6. The Balaban J connectivity index is 4.51. The predicted octanol–water partition coefficient (Wildman–Crippen LogP) is 14.2. The molecule has 0 aliphatic heterocycles. The van der Waals surface area contributed by atoms with Crippen LogP contribution in [-0.2, 0) is 28.6 Å². The monoisotopic (exact) mass is 777 g/mol. The summed E-state index contributed by atoms with van der Waals surface area (Å²) in [5, 5.41) is 0. The third-order valence-corrected chi connectivity index (χ3v) is 8.96. The molecule has 56 heavy (non-hydrogen) atoms. The Bertz CT molecular complexity index is 1170. The molecule has 0 aromatic carbocycles. The maximum absolute atomic E-state index is 12.7. The van der Waals surface area contributed by atoms with Crippen molar-refractivity contribution in [1.82, 2.24) is 0 Å². The van der Waals surface area contributed by atoms with E-state index in [-0.39, 0.29) is 31.1 Å². The second kappa shape index (κ2) is 44.0. The summed E-state index contributed by atoms with van der Waals surface area (Å²) in [4.78, 5) is 37.7. The van der Waals surface area contributed by atoms with Crippen LogP contribution in [0.1, 0.15) is 181 Å². The summed E-state index contributed by atoms with van der Waals surface area (Å²) in [5.74, 6) is -0.981. The van der Waals surface area contributed by atoms with Gasteiger partial charge in [-0.05, 0) is 70.6 Å². The number of esters is 3. The SMILES string of the molecule is CC\C=C/C=C\C=C/C=C\C=C/CCCCCC(=O)OCC(COC(=O)CCCCCCCCCCC)OC(=O)CCCCCC/C=C\C/C=C\C/C=C\CC. The molecule has 1 unspecified atom stereocenters. The van der Waals surface area contributed by atoms with Gasteiger partial charge in [-0.15, -0.1) is 0 Å². The lowest BCUT2D eigenvalue weighted by molar-refractivity contribution is -0.167. The van der Waals surface area contributed by atoms with Gasteiger partial charge >= 0.3 is 17.9 Å². The molecule has 0 bridgehead atoms. The Morgan fingerprint density at radius 2 is 0.786 bits per heavy atom. The summed E-state index contributed by atoms with van der Waals surface area (Å²) in [6.45, 7) is 6.27. The molecular formula is C50H80O6. The van der Waals surface area contributed by atoms with Crippen molar-refractivity contribution in [3.63, 3.8) is 0 Å². The van der Waals surface area contributed by atoms with Gasteiger partial charge in [0.15, 0.2) is 6.10 Å². The highest BCUT2D eigenvalue weighted by molar-refractivity contribution is 5.71. The van der Waals surface area contributed by atoms with E-state index in [1.807, 2.05) is 48.6 Å². The van der Waals surface area contributed by atoms with E-state index >= 15 is 0 Å². The van der Waals surface area contributed by atoms with E-state index in [0.29, 0.717) is 19.3 Å². The topological polar surface area (TPSA) is 78.9 Å². The zero-order valence-electron chi connectivity index (χ0n) is 35.9. The minimum atomic E-state index is -0.803. The van der Waals surface area contributed by atoms with Gasteiger partial charge in [0.05, 0.1) is 0 Å². The number of rotatable bonds is 38. The minimum absolute atomic E-state index is 0.101. The highest BCUT2D eigenvalue weighted by Gasteiger charge is 2.19. The fourth-order valence-electron chi connectivity index (χ4n) is 5.65. The minimum Gasteiger partial charge on any atom is -0.462 e. The summed E-state index contributed by atoms with van der Waals surface area (Å²) < 4.78 is 16.6. The summed E-state index contributed by atoms with van der Waals surface area (Å²) in [7, 11) is 0. The normalized spacial score (nSPS) is 13.0. The van der Waals surface area contributed by atoms with Crippen molar-refractivity contribution in [3.05, 3.63) is 97.2 Å². The number of carbonyl (C=O) groups is 3. The number of ether oxygens (including phenoxy) is 3. The van der Waals surface area contributed by atoms with Crippen molar-refractivity contribution >= 4 is 17.9 Å². The average Bonchev–Trinajstić information content (AvgIpc) is 3.19. The fraction of sp³-hybridized carbons (Fsp3) is 0.620. The smallest absolute Gasteiger partial charge is 0.306 e. The molecule has 0 aromatic heterocycles. The summed E-state index contributed by atoms with van der Waals surface area (Å²) in [5.41, 5.74) is 0. The van der Waals surface area contributed by atoms with E-state index in [1.165, 1.54) is 38.5 Å². The lowest BCUT2D eigenvalue weighted by atomic mass is 10.1. The third kappa shape index (κ3) is 41.5. The molecule has 316 valence electrons. The van der Waals surface area contributed by atoms with Gasteiger partial charge < -0.3 is 14.2 Å². The van der Waals surface area contributed by atoms with E-state index in [2.05, 4.69) is 69.4 Å². The van der Waals surface area contributed by atoms with Crippen LogP contribution < -0.4 is 0 Å². The zero-order chi connectivity index (χ0) is 40.8. The van der Waals surface area contributed by atoms with Gasteiger partial charge in [0, 0.05) is 19.3 Å². The first-order chi connectivity index (χ1) is 27.5. The molecule has 0 rings (SSSR count). The van der Waals surface area contributed by atoms with Crippen LogP contribution in [0.5, 0.6) is 0 Å². The number of unbranched alkanes of at least 4 members (excludes halogenated alkanes) is 15. The van der Waals surface area contributed by atoms with Crippen LogP contribution in [0.4, 0.5) is 0 Å². The lowest BCUT2D eigenvalue weighted by Crippen LogP contribution is -2.30. The van der Waals surface area contributed by atoms with Crippen molar-refractivity contribution in [1.29, 1.82) is 0 Å². The molecular weight excluding hydrogens is 697 g/mol. The Morgan fingerprint density at radius 1 is 0.393 bits per heavy atom. The average molecular weight is 777 g/mol. The first-order valence-corrected chi connectivity index (χ1v) is 22.3. The van der Waals surface area contributed by atoms with Gasteiger partial charge in [0.1, 0.15) is 13.2 Å². The van der Waals surface area contributed by atoms with E-state index < -0.39 is 6.10 Å². The second-order valence-electron chi connectivity index (χ2n) is 14.3. The standard InChI is InChI=1S/C50H80O6/c1-4-7-10-13-16-19-21-23-25-27-28-31-34-37-40-43-49(52)55-46-47(45-54-48(51)42-39-36-33-30-18-15-12-9-6-3)56-50(53)44-41-38-35-32-29-26-24-22-20-17-14-11-8-5-2/h7-8,10-11,13,16-17,19-21,23-28,47H,4-6,9,12,14-15,18,22,29-46H2,1-3H3/b10-7-,11-8-,16-13-,20-17-,21-19-,25-23-,26-24-,28-27-. The van der Waals surface area contributed by atoms with Gasteiger partial charge in [0.25, 0.3) is 0 Å². The maximum Gasteiger partial charge on any atom is 0.306 e. The molecule has 0 aliphatic rings. The van der Waals surface area contributed by atoms with Gasteiger partial charge in [-0.2, -0.15) is 0 Å². The molecule has 0 fully saturated rings. The first kappa shape index (κ1) is 52.3. The Hall–Kier alpha value is -3.67. The van der Waals surface area contributed by atoms with Crippen molar-refractivity contribution in [2.45, 2.75) is 187 Å². The second-order valence-corrected chi connectivity index (χ2v) is 14.3. The number of allylic oxidation sites excluding steroid dienone is 16. The molecule has 0 spiro atoms. The molecule has 0 amide bonds. The molecule has 6 nitrogen and oxygen atoms in total. The van der Waals surface area contributed by atoms with E-state index in [4.69, 9.17) is 14.2 Å². The van der Waals surface area contributed by atoms with Crippen molar-refractivity contribution in [2.24, 2.45) is 0 Å². The van der Waals surface area contributed by atoms with E-state index in [1.54, 1.807) is 0 Å². The van der Waals surface area contributed by atoms with Crippen LogP contribution in [0.2, 0.25) is 0 Å². The predicted molar refractivity (Wildman–Crippen MR) is 237 cm³/mol. The number of hydrogen-bond acceptors (Lipinski definition) is 6. The quantitative estimate of drug-likeness (QED) is 0.0204. The summed E-state index contributed by atoms with van der Waals surface area (Å²) in [6.07, 6.45) is 56.7. The molecule has 1 atom stereocenters. The van der Waals surface area contributed by atoms with Gasteiger partial charge in [-0.1, -0.05) is 189 Å². The lowest BCUT2D eigenvalue weighted by Gasteiger charge is -2.18. The van der Waals surface area contributed by atoms with Crippen molar-refractivity contribution in [2.75, 3.05) is 13.2 Å². The first-order valence-electron chi connectivity index (χ1n) is 22.3. The summed E-state index contributed by atoms with van der Waals surface area (Å²) >= 11 is 0. The molecule has 6 heteroatoms. The molecule has 0 heterocycles.